The van der Waals surface area contributed by atoms with Gasteiger partial charge in [0.15, 0.2) is 5.82 Å². The molecule has 106 valence electrons. The summed E-state index contributed by atoms with van der Waals surface area (Å²) in [6.07, 6.45) is 6.62. The number of hydrogen-bond donors (Lipinski definition) is 0. The van der Waals surface area contributed by atoms with Gasteiger partial charge >= 0.3 is 0 Å². The zero-order chi connectivity index (χ0) is 14.3. The summed E-state index contributed by atoms with van der Waals surface area (Å²) in [5.74, 6) is -0.793. The average Bonchev–Trinajstić information content (AvgIpc) is 2.93. The zero-order valence-electron chi connectivity index (χ0n) is 11.0. The van der Waals surface area contributed by atoms with Crippen LogP contribution >= 0.6 is 0 Å². The monoisotopic (exact) mass is 295 g/mol. The van der Waals surface area contributed by atoms with Gasteiger partial charge in [0.2, 0.25) is 5.16 Å². The maximum atomic E-state index is 13.8. The SMILES string of the molecule is CS(=O)c1ncc2cc(F)c(=O)n(C3CCCC3)c2n1. The molecule has 0 saturated heterocycles. The molecule has 5 nitrogen and oxygen atoms in total. The lowest BCUT2D eigenvalue weighted by molar-refractivity contribution is 0.488. The molecule has 0 radical (unpaired) electrons. The zero-order valence-corrected chi connectivity index (χ0v) is 11.8. The molecule has 2 aromatic rings. The minimum Gasteiger partial charge on any atom is -0.287 e. The standard InChI is InChI=1S/C13H14FN3O2S/c1-20(19)13-15-7-8-6-10(14)12(18)17(11(8)16-13)9-4-2-3-5-9/h6-7,9H,2-5H2,1H3. The lowest BCUT2D eigenvalue weighted by Gasteiger charge is -2.16. The van der Waals surface area contributed by atoms with Gasteiger partial charge in [-0.25, -0.2) is 14.4 Å². The van der Waals surface area contributed by atoms with Gasteiger partial charge in [0.25, 0.3) is 5.56 Å². The molecule has 0 amide bonds. The Morgan fingerprint density at radius 3 is 2.75 bits per heavy atom. The van der Waals surface area contributed by atoms with E-state index in [1.807, 2.05) is 0 Å². The first-order valence-electron chi connectivity index (χ1n) is 6.49. The summed E-state index contributed by atoms with van der Waals surface area (Å²) >= 11 is 0. The molecule has 2 heterocycles. The average molecular weight is 295 g/mol. The van der Waals surface area contributed by atoms with Crippen molar-refractivity contribution < 1.29 is 8.60 Å². The summed E-state index contributed by atoms with van der Waals surface area (Å²) in [5, 5.41) is 0.624. The van der Waals surface area contributed by atoms with Gasteiger partial charge in [0, 0.05) is 23.9 Å². The molecule has 7 heteroatoms. The van der Waals surface area contributed by atoms with Crippen LogP contribution in [0.3, 0.4) is 0 Å². The van der Waals surface area contributed by atoms with Crippen LogP contribution in [0.4, 0.5) is 4.39 Å². The molecule has 3 rings (SSSR count). The molecule has 1 saturated carbocycles. The van der Waals surface area contributed by atoms with Crippen molar-refractivity contribution in [3.63, 3.8) is 0 Å². The van der Waals surface area contributed by atoms with Crippen molar-refractivity contribution in [2.24, 2.45) is 0 Å². The van der Waals surface area contributed by atoms with Gasteiger partial charge in [-0.05, 0) is 18.9 Å². The second-order valence-corrected chi connectivity index (χ2v) is 6.26. The molecular weight excluding hydrogens is 281 g/mol. The van der Waals surface area contributed by atoms with E-state index >= 15 is 0 Å². The summed E-state index contributed by atoms with van der Waals surface area (Å²) in [6.45, 7) is 0. The first kappa shape index (κ1) is 13.4. The van der Waals surface area contributed by atoms with E-state index in [1.165, 1.54) is 17.0 Å². The minimum absolute atomic E-state index is 0.0336. The van der Waals surface area contributed by atoms with Crippen molar-refractivity contribution >= 4 is 21.8 Å². The summed E-state index contributed by atoms with van der Waals surface area (Å²) in [5.41, 5.74) is -0.278. The fourth-order valence-electron chi connectivity index (χ4n) is 2.71. The summed E-state index contributed by atoms with van der Waals surface area (Å²) in [7, 11) is -1.34. The van der Waals surface area contributed by atoms with Gasteiger partial charge in [-0.1, -0.05) is 12.8 Å². The third kappa shape index (κ3) is 2.15. The number of halogens is 1. The third-order valence-corrected chi connectivity index (χ3v) is 4.37. The number of fused-ring (bicyclic) bond motifs is 1. The van der Waals surface area contributed by atoms with Crippen molar-refractivity contribution in [2.45, 2.75) is 36.9 Å². The lowest BCUT2D eigenvalue weighted by Crippen LogP contribution is -2.27. The highest BCUT2D eigenvalue weighted by molar-refractivity contribution is 7.84. The second-order valence-electron chi connectivity index (χ2n) is 4.99. The van der Waals surface area contributed by atoms with Crippen molar-refractivity contribution in [3.8, 4) is 0 Å². The summed E-state index contributed by atoms with van der Waals surface area (Å²) in [6, 6.07) is 1.11. The van der Waals surface area contributed by atoms with E-state index < -0.39 is 22.2 Å². The van der Waals surface area contributed by atoms with Crippen LogP contribution in [-0.4, -0.2) is 25.0 Å². The van der Waals surface area contributed by atoms with E-state index in [0.29, 0.717) is 11.0 Å². The Balaban J connectivity index is 2.32. The molecule has 0 aliphatic heterocycles. The van der Waals surface area contributed by atoms with E-state index in [0.717, 1.165) is 31.7 Å². The van der Waals surface area contributed by atoms with Crippen molar-refractivity contribution in [1.82, 2.24) is 14.5 Å². The van der Waals surface area contributed by atoms with Crippen molar-refractivity contribution in [2.75, 3.05) is 6.26 Å². The smallest absolute Gasteiger partial charge is 0.287 e. The maximum Gasteiger partial charge on any atom is 0.288 e. The first-order valence-corrected chi connectivity index (χ1v) is 8.05. The molecule has 20 heavy (non-hydrogen) atoms. The van der Waals surface area contributed by atoms with E-state index in [9.17, 15) is 13.4 Å². The molecule has 0 aromatic carbocycles. The van der Waals surface area contributed by atoms with Crippen LogP contribution in [0.1, 0.15) is 31.7 Å². The molecule has 0 N–H and O–H groups in total. The number of pyridine rings is 1. The predicted molar refractivity (Wildman–Crippen MR) is 73.6 cm³/mol. The Bertz CT molecular complexity index is 753. The van der Waals surface area contributed by atoms with Crippen LogP contribution in [0.25, 0.3) is 11.0 Å². The highest BCUT2D eigenvalue weighted by Crippen LogP contribution is 2.30. The van der Waals surface area contributed by atoms with Crippen molar-refractivity contribution in [3.05, 3.63) is 28.4 Å². The molecule has 1 atom stereocenters. The summed E-state index contributed by atoms with van der Waals surface area (Å²) in [4.78, 5) is 20.3. The second kappa shape index (κ2) is 5.05. The number of nitrogens with zero attached hydrogens (tertiary/aromatic N) is 3. The highest BCUT2D eigenvalue weighted by atomic mass is 32.2. The van der Waals surface area contributed by atoms with E-state index in [1.54, 1.807) is 0 Å². The molecule has 0 spiro atoms. The van der Waals surface area contributed by atoms with Crippen LogP contribution in [0, 0.1) is 5.82 Å². The maximum absolute atomic E-state index is 13.8. The van der Waals surface area contributed by atoms with Gasteiger partial charge in [-0.15, -0.1) is 0 Å². The predicted octanol–water partition coefficient (Wildman–Crippen LogP) is 1.78. The third-order valence-electron chi connectivity index (χ3n) is 3.65. The van der Waals surface area contributed by atoms with Gasteiger partial charge in [0.1, 0.15) is 5.65 Å². The molecule has 1 aliphatic rings. The van der Waals surface area contributed by atoms with Gasteiger partial charge in [0.05, 0.1) is 10.8 Å². The number of hydrogen-bond acceptors (Lipinski definition) is 4. The Morgan fingerprint density at radius 1 is 1.40 bits per heavy atom. The Kier molecular flexibility index (Phi) is 3.37. The van der Waals surface area contributed by atoms with Crippen LogP contribution in [0.15, 0.2) is 22.2 Å². The molecule has 2 aromatic heterocycles. The fraction of sp³-hybridized carbons (Fsp3) is 0.462. The first-order chi connectivity index (χ1) is 9.58. The normalized spacial score (nSPS) is 17.7. The van der Waals surface area contributed by atoms with Crippen LogP contribution in [0.5, 0.6) is 0 Å². The summed E-state index contributed by atoms with van der Waals surface area (Å²) < 4.78 is 26.7. The van der Waals surface area contributed by atoms with Crippen LogP contribution < -0.4 is 5.56 Å². The van der Waals surface area contributed by atoms with Crippen LogP contribution in [0.2, 0.25) is 0 Å². The Labute approximate surface area is 117 Å². The number of aromatic nitrogens is 3. The molecule has 1 fully saturated rings. The van der Waals surface area contributed by atoms with Gasteiger partial charge < -0.3 is 0 Å². The van der Waals surface area contributed by atoms with E-state index in [2.05, 4.69) is 9.97 Å². The minimum atomic E-state index is -1.34. The molecular formula is C13H14FN3O2S. The Hall–Kier alpha value is -1.63. The highest BCUT2D eigenvalue weighted by Gasteiger charge is 2.23. The largest absolute Gasteiger partial charge is 0.288 e. The lowest BCUT2D eigenvalue weighted by atomic mass is 10.2. The topological polar surface area (TPSA) is 64.8 Å². The van der Waals surface area contributed by atoms with Crippen LogP contribution in [-0.2, 0) is 10.8 Å². The van der Waals surface area contributed by atoms with E-state index in [4.69, 9.17) is 0 Å². The Morgan fingerprint density at radius 2 is 2.10 bits per heavy atom. The van der Waals surface area contributed by atoms with Crippen molar-refractivity contribution in [1.29, 1.82) is 0 Å². The number of rotatable bonds is 2. The van der Waals surface area contributed by atoms with E-state index in [-0.39, 0.29) is 11.2 Å². The molecule has 0 bridgehead atoms. The van der Waals surface area contributed by atoms with Gasteiger partial charge in [-0.2, -0.15) is 0 Å². The van der Waals surface area contributed by atoms with Gasteiger partial charge in [-0.3, -0.25) is 13.6 Å². The molecule has 1 unspecified atom stereocenters. The molecule has 1 aliphatic carbocycles. The quantitative estimate of drug-likeness (QED) is 0.792. The fourth-order valence-corrected chi connectivity index (χ4v) is 3.13.